The lowest BCUT2D eigenvalue weighted by Gasteiger charge is -2.18. The number of imide groups is 1. The van der Waals surface area contributed by atoms with Crippen LogP contribution >= 0.6 is 35.0 Å². The number of likely N-dealkylation sites (tertiary alicyclic amines) is 1. The third-order valence-electron chi connectivity index (χ3n) is 5.41. The van der Waals surface area contributed by atoms with E-state index in [2.05, 4.69) is 0 Å². The Kier molecular flexibility index (Phi) is 7.32. The lowest BCUT2D eigenvalue weighted by molar-refractivity contribution is -0.135. The smallest absolute Gasteiger partial charge is 0.294 e. The van der Waals surface area contributed by atoms with Gasteiger partial charge in [-0.15, -0.1) is 0 Å². The normalized spacial score (nSPS) is 17.4. The van der Waals surface area contributed by atoms with E-state index in [9.17, 15) is 14.4 Å². The molecule has 2 aromatic carbocycles. The third-order valence-corrected chi connectivity index (χ3v) is 6.88. The van der Waals surface area contributed by atoms with Crippen molar-refractivity contribution in [1.82, 2.24) is 9.80 Å². The van der Waals surface area contributed by atoms with Gasteiger partial charge >= 0.3 is 0 Å². The van der Waals surface area contributed by atoms with Crippen molar-refractivity contribution < 1.29 is 19.1 Å². The Morgan fingerprint density at radius 3 is 2.48 bits per heavy atom. The Balaban J connectivity index is 1.46. The van der Waals surface area contributed by atoms with Crippen molar-refractivity contribution in [1.29, 1.82) is 0 Å². The number of amides is 3. The van der Waals surface area contributed by atoms with Crippen LogP contribution in [0.2, 0.25) is 10.0 Å². The number of rotatable bonds is 6. The van der Waals surface area contributed by atoms with Crippen LogP contribution in [-0.4, -0.2) is 46.5 Å². The Morgan fingerprint density at radius 2 is 1.82 bits per heavy atom. The maximum absolute atomic E-state index is 12.7. The van der Waals surface area contributed by atoms with Gasteiger partial charge in [0.05, 0.1) is 15.0 Å². The van der Waals surface area contributed by atoms with E-state index < -0.39 is 11.1 Å². The van der Waals surface area contributed by atoms with Crippen molar-refractivity contribution in [3.63, 3.8) is 0 Å². The summed E-state index contributed by atoms with van der Waals surface area (Å²) in [7, 11) is 0. The molecule has 4 rings (SSSR count). The minimum atomic E-state index is -0.496. The summed E-state index contributed by atoms with van der Waals surface area (Å²) in [6.45, 7) is 3.41. The van der Waals surface area contributed by atoms with Gasteiger partial charge in [0, 0.05) is 13.1 Å². The summed E-state index contributed by atoms with van der Waals surface area (Å²) >= 11 is 13.6. The number of hydrogen-bond acceptors (Lipinski definition) is 5. The molecular formula is C24H22Cl2N2O4S. The molecule has 2 aromatic rings. The molecule has 0 N–H and O–H groups in total. The fourth-order valence-corrected chi connectivity index (χ4v) is 5.20. The molecule has 3 amide bonds. The number of aryl methyl sites for hydroxylation is 1. The van der Waals surface area contributed by atoms with Crippen LogP contribution in [0, 0.1) is 6.92 Å². The van der Waals surface area contributed by atoms with Crippen LogP contribution in [0.3, 0.4) is 0 Å². The van der Waals surface area contributed by atoms with E-state index >= 15 is 0 Å². The zero-order valence-corrected chi connectivity index (χ0v) is 20.3. The van der Waals surface area contributed by atoms with Gasteiger partial charge in [0.1, 0.15) is 13.2 Å². The summed E-state index contributed by atoms with van der Waals surface area (Å²) in [4.78, 5) is 40.4. The second-order valence-corrected chi connectivity index (χ2v) is 9.75. The minimum Gasteiger partial charge on any atom is -0.486 e. The first-order valence-electron chi connectivity index (χ1n) is 10.5. The van der Waals surface area contributed by atoms with E-state index in [4.69, 9.17) is 27.9 Å². The van der Waals surface area contributed by atoms with Gasteiger partial charge in [-0.25, -0.2) is 0 Å². The maximum Gasteiger partial charge on any atom is 0.294 e. The summed E-state index contributed by atoms with van der Waals surface area (Å²) in [5.41, 5.74) is 2.67. The van der Waals surface area contributed by atoms with Gasteiger partial charge in [0.15, 0.2) is 5.75 Å². The Labute approximate surface area is 206 Å². The molecule has 0 saturated carbocycles. The topological polar surface area (TPSA) is 66.9 Å². The number of hydrogen-bond donors (Lipinski definition) is 0. The van der Waals surface area contributed by atoms with E-state index in [1.54, 1.807) is 23.1 Å². The van der Waals surface area contributed by atoms with Gasteiger partial charge in [-0.2, -0.15) is 0 Å². The Bertz CT molecular complexity index is 1120. The summed E-state index contributed by atoms with van der Waals surface area (Å²) in [6.07, 6.45) is 3.44. The average Bonchev–Trinajstić information content (AvgIpc) is 3.38. The van der Waals surface area contributed by atoms with Gasteiger partial charge in [-0.05, 0) is 60.9 Å². The number of carbonyl (C=O) groups excluding carboxylic acids is 3. The van der Waals surface area contributed by atoms with E-state index in [-0.39, 0.29) is 17.4 Å². The standard InChI is InChI=1S/C24H22Cl2N2O4S/c1-15-5-4-6-16(9-15)14-32-22-18(25)10-17(11-19(22)26)12-20-23(30)28(24(31)33-20)13-21(29)27-7-2-3-8-27/h4-6,9-12H,2-3,7-8,13-14H2,1H3/b20-12+. The summed E-state index contributed by atoms with van der Waals surface area (Å²) in [5.74, 6) is -0.358. The van der Waals surface area contributed by atoms with Gasteiger partial charge in [-0.3, -0.25) is 19.3 Å². The molecule has 0 bridgehead atoms. The van der Waals surface area contributed by atoms with Crippen LogP contribution in [0.25, 0.3) is 6.08 Å². The van der Waals surface area contributed by atoms with Crippen molar-refractivity contribution in [2.75, 3.05) is 19.6 Å². The molecule has 2 aliphatic rings. The second-order valence-electron chi connectivity index (χ2n) is 7.95. The highest BCUT2D eigenvalue weighted by atomic mass is 35.5. The molecule has 0 spiro atoms. The molecule has 0 aliphatic carbocycles. The van der Waals surface area contributed by atoms with Crippen LogP contribution in [-0.2, 0) is 16.2 Å². The Hall–Kier alpha value is -2.48. The van der Waals surface area contributed by atoms with Crippen molar-refractivity contribution in [3.8, 4) is 5.75 Å². The monoisotopic (exact) mass is 504 g/mol. The molecular weight excluding hydrogens is 483 g/mol. The van der Waals surface area contributed by atoms with Crippen LogP contribution < -0.4 is 4.74 Å². The first kappa shape index (κ1) is 23.7. The molecule has 0 radical (unpaired) electrons. The zero-order valence-electron chi connectivity index (χ0n) is 18.0. The molecule has 0 aromatic heterocycles. The van der Waals surface area contributed by atoms with Crippen LogP contribution in [0.5, 0.6) is 5.75 Å². The van der Waals surface area contributed by atoms with E-state index in [0.717, 1.165) is 40.6 Å². The van der Waals surface area contributed by atoms with Crippen LogP contribution in [0.4, 0.5) is 4.79 Å². The molecule has 172 valence electrons. The molecule has 0 unspecified atom stereocenters. The van der Waals surface area contributed by atoms with Crippen molar-refractivity contribution in [2.24, 2.45) is 0 Å². The quantitative estimate of drug-likeness (QED) is 0.483. The van der Waals surface area contributed by atoms with Crippen LogP contribution in [0.1, 0.15) is 29.5 Å². The third kappa shape index (κ3) is 5.54. The lowest BCUT2D eigenvalue weighted by Crippen LogP contribution is -2.40. The molecule has 9 heteroatoms. The van der Waals surface area contributed by atoms with E-state index in [1.165, 1.54) is 0 Å². The van der Waals surface area contributed by atoms with Gasteiger partial charge in [0.25, 0.3) is 11.1 Å². The molecule has 2 aliphatic heterocycles. The summed E-state index contributed by atoms with van der Waals surface area (Å²) in [6, 6.07) is 11.2. The largest absolute Gasteiger partial charge is 0.486 e. The highest BCUT2D eigenvalue weighted by Gasteiger charge is 2.37. The van der Waals surface area contributed by atoms with Crippen molar-refractivity contribution in [2.45, 2.75) is 26.4 Å². The first-order chi connectivity index (χ1) is 15.8. The van der Waals surface area contributed by atoms with Crippen molar-refractivity contribution >= 4 is 58.1 Å². The molecule has 2 saturated heterocycles. The van der Waals surface area contributed by atoms with Crippen LogP contribution in [0.15, 0.2) is 41.3 Å². The molecule has 33 heavy (non-hydrogen) atoms. The van der Waals surface area contributed by atoms with E-state index in [0.29, 0.717) is 41.1 Å². The Morgan fingerprint density at radius 1 is 1.12 bits per heavy atom. The van der Waals surface area contributed by atoms with Gasteiger partial charge < -0.3 is 9.64 Å². The zero-order chi connectivity index (χ0) is 23.5. The highest BCUT2D eigenvalue weighted by molar-refractivity contribution is 8.18. The van der Waals surface area contributed by atoms with Gasteiger partial charge in [0.2, 0.25) is 5.91 Å². The highest BCUT2D eigenvalue weighted by Crippen LogP contribution is 2.38. The number of carbonyl (C=O) groups is 3. The minimum absolute atomic E-state index is 0.211. The SMILES string of the molecule is Cc1cccc(COc2c(Cl)cc(/C=C3/SC(=O)N(CC(=O)N4CCCC4)C3=O)cc2Cl)c1. The van der Waals surface area contributed by atoms with E-state index in [1.807, 2.05) is 31.2 Å². The number of halogens is 2. The average molecular weight is 505 g/mol. The number of nitrogens with zero attached hydrogens (tertiary/aromatic N) is 2. The first-order valence-corrected chi connectivity index (χ1v) is 12.1. The predicted molar refractivity (Wildman–Crippen MR) is 130 cm³/mol. The number of benzene rings is 2. The summed E-state index contributed by atoms with van der Waals surface area (Å²) in [5, 5.41) is 0.129. The molecule has 2 fully saturated rings. The molecule has 2 heterocycles. The second kappa shape index (κ2) is 10.2. The fraction of sp³-hybridized carbons (Fsp3) is 0.292. The fourth-order valence-electron chi connectivity index (χ4n) is 3.75. The lowest BCUT2D eigenvalue weighted by atomic mass is 10.1. The molecule has 6 nitrogen and oxygen atoms in total. The number of thioether (sulfide) groups is 1. The molecule has 0 atom stereocenters. The predicted octanol–water partition coefficient (Wildman–Crippen LogP) is 5.54. The van der Waals surface area contributed by atoms with Gasteiger partial charge in [-0.1, -0.05) is 53.0 Å². The van der Waals surface area contributed by atoms with Crippen molar-refractivity contribution in [3.05, 3.63) is 68.0 Å². The summed E-state index contributed by atoms with van der Waals surface area (Å²) < 4.78 is 5.82. The maximum atomic E-state index is 12.7. The number of ether oxygens (including phenoxy) is 1.